The van der Waals surface area contributed by atoms with E-state index >= 15 is 0 Å². The standard InChI is InChI=1S/C30H48F2N4/c1-5-9-27(20-34-4)21-35-16-13-25(12-15-33-3)10-7-8-11-26-18-29(31)28(30(32)19-26)14-17-36-22-24(6-2)23-36/h18-21,24-25,33H,4-17,22-23H2,1-3H3/b27-20-,35-21-. The summed E-state index contributed by atoms with van der Waals surface area (Å²) in [5.74, 6) is 0.578. The summed E-state index contributed by atoms with van der Waals surface area (Å²) in [5.41, 5.74) is 2.13. The van der Waals surface area contributed by atoms with Crippen molar-refractivity contribution in [1.82, 2.24) is 10.2 Å². The molecule has 1 atom stereocenters. The minimum atomic E-state index is -0.384. The molecule has 1 aliphatic heterocycles. The van der Waals surface area contributed by atoms with Crippen LogP contribution in [0.4, 0.5) is 8.78 Å². The van der Waals surface area contributed by atoms with Crippen LogP contribution in [0.5, 0.6) is 0 Å². The number of aliphatic imine (C=N–C) groups is 2. The average Bonchev–Trinajstić information content (AvgIpc) is 2.83. The molecule has 0 aliphatic carbocycles. The first-order valence-electron chi connectivity index (χ1n) is 14.0. The van der Waals surface area contributed by atoms with Gasteiger partial charge in [-0.25, -0.2) is 8.78 Å². The Hall–Kier alpha value is -1.92. The number of benzene rings is 1. The molecule has 0 radical (unpaired) electrons. The van der Waals surface area contributed by atoms with Crippen molar-refractivity contribution in [2.45, 2.75) is 78.1 Å². The maximum Gasteiger partial charge on any atom is 0.129 e. The third-order valence-corrected chi connectivity index (χ3v) is 7.34. The Labute approximate surface area is 218 Å². The van der Waals surface area contributed by atoms with Crippen LogP contribution in [-0.4, -0.2) is 57.6 Å². The van der Waals surface area contributed by atoms with Gasteiger partial charge in [0.1, 0.15) is 11.6 Å². The molecule has 202 valence electrons. The van der Waals surface area contributed by atoms with E-state index in [2.05, 4.69) is 40.8 Å². The van der Waals surface area contributed by atoms with Crippen LogP contribution < -0.4 is 5.32 Å². The number of allylic oxidation sites excluding steroid dienone is 1. The van der Waals surface area contributed by atoms with E-state index in [1.165, 1.54) is 6.42 Å². The molecule has 1 aliphatic rings. The maximum absolute atomic E-state index is 14.6. The van der Waals surface area contributed by atoms with E-state index in [0.717, 1.165) is 101 Å². The molecule has 6 heteroatoms. The van der Waals surface area contributed by atoms with Gasteiger partial charge < -0.3 is 10.2 Å². The van der Waals surface area contributed by atoms with Crippen LogP contribution in [0.25, 0.3) is 0 Å². The topological polar surface area (TPSA) is 40.0 Å². The number of likely N-dealkylation sites (tertiary alicyclic amines) is 1. The minimum Gasteiger partial charge on any atom is -0.320 e. The van der Waals surface area contributed by atoms with E-state index in [0.29, 0.717) is 12.3 Å². The van der Waals surface area contributed by atoms with Crippen molar-refractivity contribution in [1.29, 1.82) is 0 Å². The van der Waals surface area contributed by atoms with E-state index in [1.54, 1.807) is 18.3 Å². The van der Waals surface area contributed by atoms with E-state index in [-0.39, 0.29) is 17.2 Å². The Bertz CT molecular complexity index is 807. The highest BCUT2D eigenvalue weighted by Crippen LogP contribution is 2.23. The Morgan fingerprint density at radius 3 is 2.53 bits per heavy atom. The monoisotopic (exact) mass is 502 g/mol. The molecule has 36 heavy (non-hydrogen) atoms. The molecular formula is C30H48F2N4. The molecule has 0 bridgehead atoms. The molecule has 0 saturated carbocycles. The van der Waals surface area contributed by atoms with Gasteiger partial charge in [0, 0.05) is 44.2 Å². The van der Waals surface area contributed by atoms with Gasteiger partial charge in [-0.1, -0.05) is 39.5 Å². The number of hydrogen-bond donors (Lipinski definition) is 1. The Kier molecular flexibility index (Phi) is 14.7. The van der Waals surface area contributed by atoms with Crippen LogP contribution in [-0.2, 0) is 12.8 Å². The van der Waals surface area contributed by atoms with Crippen LogP contribution in [0, 0.1) is 23.5 Å². The average molecular weight is 503 g/mol. The fourth-order valence-electron chi connectivity index (χ4n) is 4.98. The highest BCUT2D eigenvalue weighted by molar-refractivity contribution is 5.78. The Morgan fingerprint density at radius 1 is 1.14 bits per heavy atom. The predicted molar refractivity (Wildman–Crippen MR) is 150 cm³/mol. The molecule has 0 amide bonds. The lowest BCUT2D eigenvalue weighted by Crippen LogP contribution is -2.47. The molecule has 1 saturated heterocycles. The first-order valence-corrected chi connectivity index (χ1v) is 14.0. The molecule has 1 aromatic rings. The third kappa shape index (κ3) is 11.0. The summed E-state index contributed by atoms with van der Waals surface area (Å²) >= 11 is 0. The number of nitrogens with zero attached hydrogens (tertiary/aromatic N) is 3. The summed E-state index contributed by atoms with van der Waals surface area (Å²) in [6.45, 7) is 12.5. The van der Waals surface area contributed by atoms with Crippen molar-refractivity contribution >= 4 is 12.9 Å². The van der Waals surface area contributed by atoms with Crippen LogP contribution >= 0.6 is 0 Å². The predicted octanol–water partition coefficient (Wildman–Crippen LogP) is 6.63. The second kappa shape index (κ2) is 17.5. The second-order valence-corrected chi connectivity index (χ2v) is 10.3. The Morgan fingerprint density at radius 2 is 1.89 bits per heavy atom. The highest BCUT2D eigenvalue weighted by Gasteiger charge is 2.25. The van der Waals surface area contributed by atoms with E-state index in [9.17, 15) is 8.78 Å². The van der Waals surface area contributed by atoms with Gasteiger partial charge in [-0.2, -0.15) is 0 Å². The fraction of sp³-hybridized carbons (Fsp3) is 0.667. The quantitative estimate of drug-likeness (QED) is 0.170. The first kappa shape index (κ1) is 30.3. The molecule has 1 unspecified atom stereocenters. The summed E-state index contributed by atoms with van der Waals surface area (Å²) in [6.07, 6.45) is 13.4. The molecule has 1 N–H and O–H groups in total. The number of hydrogen-bond acceptors (Lipinski definition) is 4. The van der Waals surface area contributed by atoms with Crippen molar-refractivity contribution in [2.75, 3.05) is 39.8 Å². The SMILES string of the molecule is C=N/C=C(\C=N/CCC(CCCCc1cc(F)c(CCN2CC(CC)C2)c(F)c1)CCNC)CCC. The van der Waals surface area contributed by atoms with Gasteiger partial charge in [0.15, 0.2) is 0 Å². The summed E-state index contributed by atoms with van der Waals surface area (Å²) in [7, 11) is 1.98. The van der Waals surface area contributed by atoms with Crippen LogP contribution in [0.1, 0.15) is 76.3 Å². The zero-order chi connectivity index (χ0) is 26.2. The van der Waals surface area contributed by atoms with Crippen LogP contribution in [0.3, 0.4) is 0 Å². The van der Waals surface area contributed by atoms with Crippen LogP contribution in [0.2, 0.25) is 0 Å². The van der Waals surface area contributed by atoms with Crippen molar-refractivity contribution in [3.8, 4) is 0 Å². The zero-order valence-electron chi connectivity index (χ0n) is 22.9. The lowest BCUT2D eigenvalue weighted by molar-refractivity contribution is 0.0989. The molecular weight excluding hydrogens is 454 g/mol. The van der Waals surface area contributed by atoms with Gasteiger partial charge in [-0.05, 0) is 93.9 Å². The second-order valence-electron chi connectivity index (χ2n) is 10.3. The zero-order valence-corrected chi connectivity index (χ0v) is 22.9. The molecule has 0 aromatic heterocycles. The number of aryl methyl sites for hydroxylation is 1. The van der Waals surface area contributed by atoms with Crippen molar-refractivity contribution < 1.29 is 8.78 Å². The normalized spacial score (nSPS) is 16.0. The van der Waals surface area contributed by atoms with Gasteiger partial charge in [-0.15, -0.1) is 0 Å². The van der Waals surface area contributed by atoms with Gasteiger partial charge in [0.05, 0.1) is 0 Å². The van der Waals surface area contributed by atoms with E-state index < -0.39 is 0 Å². The largest absolute Gasteiger partial charge is 0.320 e. The number of nitrogens with one attached hydrogen (secondary N) is 1. The summed E-state index contributed by atoms with van der Waals surface area (Å²) in [5, 5.41) is 3.25. The highest BCUT2D eigenvalue weighted by atomic mass is 19.1. The fourth-order valence-corrected chi connectivity index (χ4v) is 4.98. The third-order valence-electron chi connectivity index (χ3n) is 7.34. The van der Waals surface area contributed by atoms with Gasteiger partial charge in [0.25, 0.3) is 0 Å². The number of rotatable bonds is 19. The Balaban J connectivity index is 1.76. The minimum absolute atomic E-state index is 0.243. The summed E-state index contributed by atoms with van der Waals surface area (Å²) < 4.78 is 29.3. The van der Waals surface area contributed by atoms with E-state index in [1.807, 2.05) is 13.3 Å². The van der Waals surface area contributed by atoms with Crippen LogP contribution in [0.15, 0.2) is 33.9 Å². The van der Waals surface area contributed by atoms with Gasteiger partial charge in [0.2, 0.25) is 0 Å². The molecule has 1 aromatic carbocycles. The van der Waals surface area contributed by atoms with Crippen molar-refractivity contribution in [2.24, 2.45) is 21.8 Å². The van der Waals surface area contributed by atoms with E-state index in [4.69, 9.17) is 0 Å². The summed E-state index contributed by atoms with van der Waals surface area (Å²) in [4.78, 5) is 10.8. The molecule has 1 fully saturated rings. The smallest absolute Gasteiger partial charge is 0.129 e. The molecule has 1 heterocycles. The first-order chi connectivity index (χ1) is 17.5. The number of halogens is 2. The van der Waals surface area contributed by atoms with Crippen molar-refractivity contribution in [3.63, 3.8) is 0 Å². The van der Waals surface area contributed by atoms with Gasteiger partial charge in [-0.3, -0.25) is 9.98 Å². The molecule has 0 spiro atoms. The lowest BCUT2D eigenvalue weighted by Gasteiger charge is -2.38. The van der Waals surface area contributed by atoms with Gasteiger partial charge >= 0.3 is 0 Å². The number of unbranched alkanes of at least 4 members (excludes halogenated alkanes) is 1. The molecule has 2 rings (SSSR count). The molecule has 4 nitrogen and oxygen atoms in total. The maximum atomic E-state index is 14.6. The van der Waals surface area contributed by atoms with Crippen molar-refractivity contribution in [3.05, 3.63) is 46.7 Å². The summed E-state index contributed by atoms with van der Waals surface area (Å²) in [6, 6.07) is 3.10. The lowest BCUT2D eigenvalue weighted by atomic mass is 9.93.